The van der Waals surface area contributed by atoms with Crippen LogP contribution in [0.5, 0.6) is 0 Å². The van der Waals surface area contributed by atoms with Gasteiger partial charge in [-0.15, -0.1) is 0 Å². The summed E-state index contributed by atoms with van der Waals surface area (Å²) in [6.07, 6.45) is 3.95. The normalized spacial score (nSPS) is 11.0. The molecule has 134 valence electrons. The van der Waals surface area contributed by atoms with Gasteiger partial charge in [-0.05, 0) is 57.5 Å². The zero-order chi connectivity index (χ0) is 18.3. The van der Waals surface area contributed by atoms with E-state index in [1.807, 2.05) is 36.5 Å². The summed E-state index contributed by atoms with van der Waals surface area (Å²) in [6.45, 7) is 5.80. The van der Waals surface area contributed by atoms with Crippen molar-refractivity contribution in [1.29, 1.82) is 0 Å². The molecule has 0 aliphatic heterocycles. The highest BCUT2D eigenvalue weighted by Gasteiger charge is 2.15. The summed E-state index contributed by atoms with van der Waals surface area (Å²) in [5.74, 6) is -0.0992. The number of ether oxygens (including phenoxy) is 1. The Kier molecular flexibility index (Phi) is 6.16. The first-order valence-electron chi connectivity index (χ1n) is 8.20. The van der Waals surface area contributed by atoms with E-state index in [4.69, 9.17) is 4.74 Å². The summed E-state index contributed by atoms with van der Waals surface area (Å²) < 4.78 is 6.87. The Balaban J connectivity index is 1.69. The molecule has 0 saturated carbocycles. The summed E-state index contributed by atoms with van der Waals surface area (Å²) in [5, 5.41) is 9.61. The van der Waals surface area contributed by atoms with E-state index in [0.717, 1.165) is 11.4 Å². The van der Waals surface area contributed by atoms with Crippen molar-refractivity contribution in [3.8, 4) is 5.69 Å². The van der Waals surface area contributed by atoms with E-state index >= 15 is 0 Å². The molecule has 0 aliphatic carbocycles. The lowest BCUT2D eigenvalue weighted by molar-refractivity contribution is -0.116. The second-order valence-electron chi connectivity index (χ2n) is 6.58. The van der Waals surface area contributed by atoms with Gasteiger partial charge in [0.25, 0.3) is 0 Å². The third kappa shape index (κ3) is 6.66. The predicted octanol–water partition coefficient (Wildman–Crippen LogP) is 3.12. The Bertz CT molecular complexity index is 688. The standard InChI is InChI=1S/C18H24N4O3/c1-18(2,3)25-17(24)19-11-4-6-16(23)21-14-7-9-15(10-8-14)22-13-5-12-20-22/h5,7-10,12-13H,4,6,11H2,1-3H3,(H,19,24)(H,21,23). The number of nitrogens with one attached hydrogen (secondary N) is 2. The summed E-state index contributed by atoms with van der Waals surface area (Å²) in [7, 11) is 0. The fourth-order valence-electron chi connectivity index (χ4n) is 2.10. The number of rotatable bonds is 6. The number of alkyl carbamates (subject to hydrolysis) is 1. The lowest BCUT2D eigenvalue weighted by atomic mass is 10.2. The van der Waals surface area contributed by atoms with Gasteiger partial charge in [0.15, 0.2) is 0 Å². The SMILES string of the molecule is CC(C)(C)OC(=O)NCCCC(=O)Nc1ccc(-n2cccn2)cc1. The van der Waals surface area contributed by atoms with Crippen molar-refractivity contribution < 1.29 is 14.3 Å². The van der Waals surface area contributed by atoms with Gasteiger partial charge in [-0.25, -0.2) is 9.48 Å². The molecule has 0 fully saturated rings. The lowest BCUT2D eigenvalue weighted by Gasteiger charge is -2.19. The molecule has 2 rings (SSSR count). The van der Waals surface area contributed by atoms with Crippen molar-refractivity contribution in [3.63, 3.8) is 0 Å². The van der Waals surface area contributed by atoms with Crippen molar-refractivity contribution in [3.05, 3.63) is 42.7 Å². The number of hydrogen-bond donors (Lipinski definition) is 2. The van der Waals surface area contributed by atoms with Crippen LogP contribution in [0.1, 0.15) is 33.6 Å². The molecule has 0 aliphatic rings. The summed E-state index contributed by atoms with van der Waals surface area (Å²) in [4.78, 5) is 23.4. The van der Waals surface area contributed by atoms with Crippen LogP contribution in [-0.4, -0.2) is 33.9 Å². The van der Waals surface area contributed by atoms with Crippen LogP contribution in [0, 0.1) is 0 Å². The first kappa shape index (κ1) is 18.5. The predicted molar refractivity (Wildman–Crippen MR) is 95.7 cm³/mol. The number of amides is 2. The monoisotopic (exact) mass is 344 g/mol. The van der Waals surface area contributed by atoms with Crippen LogP contribution >= 0.6 is 0 Å². The van der Waals surface area contributed by atoms with Gasteiger partial charge >= 0.3 is 6.09 Å². The van der Waals surface area contributed by atoms with Crippen molar-refractivity contribution >= 4 is 17.7 Å². The molecule has 2 amide bonds. The maximum atomic E-state index is 11.9. The van der Waals surface area contributed by atoms with E-state index in [1.165, 1.54) is 0 Å². The number of anilines is 1. The number of carbonyl (C=O) groups is 2. The minimum atomic E-state index is -0.524. The molecule has 7 heteroatoms. The molecule has 7 nitrogen and oxygen atoms in total. The van der Waals surface area contributed by atoms with Crippen LogP contribution in [0.3, 0.4) is 0 Å². The third-order valence-electron chi connectivity index (χ3n) is 3.17. The van der Waals surface area contributed by atoms with E-state index in [1.54, 1.807) is 31.6 Å². The van der Waals surface area contributed by atoms with Gasteiger partial charge in [0.2, 0.25) is 5.91 Å². The second-order valence-corrected chi connectivity index (χ2v) is 6.58. The Morgan fingerprint density at radius 2 is 1.92 bits per heavy atom. The highest BCUT2D eigenvalue weighted by molar-refractivity contribution is 5.90. The maximum absolute atomic E-state index is 11.9. The lowest BCUT2D eigenvalue weighted by Crippen LogP contribution is -2.33. The van der Waals surface area contributed by atoms with Crippen molar-refractivity contribution in [2.45, 2.75) is 39.2 Å². The molecule has 1 heterocycles. The topological polar surface area (TPSA) is 85.2 Å². The molecule has 25 heavy (non-hydrogen) atoms. The van der Waals surface area contributed by atoms with E-state index in [0.29, 0.717) is 19.4 Å². The molecule has 0 atom stereocenters. The van der Waals surface area contributed by atoms with Crippen LogP contribution in [0.25, 0.3) is 5.69 Å². The van der Waals surface area contributed by atoms with Crippen LogP contribution in [0.4, 0.5) is 10.5 Å². The minimum absolute atomic E-state index is 0.0992. The summed E-state index contributed by atoms with van der Waals surface area (Å²) in [6, 6.07) is 9.27. The Morgan fingerprint density at radius 3 is 2.52 bits per heavy atom. The maximum Gasteiger partial charge on any atom is 0.407 e. The Morgan fingerprint density at radius 1 is 1.20 bits per heavy atom. The number of aromatic nitrogens is 2. The fourth-order valence-corrected chi connectivity index (χ4v) is 2.10. The smallest absolute Gasteiger partial charge is 0.407 e. The zero-order valence-electron chi connectivity index (χ0n) is 14.8. The molecule has 0 spiro atoms. The summed E-state index contributed by atoms with van der Waals surface area (Å²) in [5.41, 5.74) is 1.12. The fraction of sp³-hybridized carbons (Fsp3) is 0.389. The highest BCUT2D eigenvalue weighted by Crippen LogP contribution is 2.13. The average molecular weight is 344 g/mol. The van der Waals surface area contributed by atoms with Crippen LogP contribution < -0.4 is 10.6 Å². The average Bonchev–Trinajstić information content (AvgIpc) is 3.05. The van der Waals surface area contributed by atoms with Gasteiger partial charge in [0.1, 0.15) is 5.60 Å². The Labute approximate surface area is 147 Å². The van der Waals surface area contributed by atoms with Crippen LogP contribution in [0.15, 0.2) is 42.7 Å². The molecule has 0 saturated heterocycles. The number of nitrogens with zero attached hydrogens (tertiary/aromatic N) is 2. The number of hydrogen-bond acceptors (Lipinski definition) is 4. The van der Waals surface area contributed by atoms with Crippen molar-refractivity contribution in [1.82, 2.24) is 15.1 Å². The molecule has 0 unspecified atom stereocenters. The van der Waals surface area contributed by atoms with E-state index in [-0.39, 0.29) is 5.91 Å². The van der Waals surface area contributed by atoms with Gasteiger partial charge in [-0.1, -0.05) is 0 Å². The van der Waals surface area contributed by atoms with E-state index in [9.17, 15) is 9.59 Å². The molecule has 1 aromatic carbocycles. The van der Waals surface area contributed by atoms with Crippen LogP contribution in [-0.2, 0) is 9.53 Å². The molecule has 0 bridgehead atoms. The van der Waals surface area contributed by atoms with Gasteiger partial charge in [-0.2, -0.15) is 5.10 Å². The first-order valence-corrected chi connectivity index (χ1v) is 8.20. The summed E-state index contributed by atoms with van der Waals surface area (Å²) >= 11 is 0. The second kappa shape index (κ2) is 8.32. The van der Waals surface area contributed by atoms with Crippen molar-refractivity contribution in [2.24, 2.45) is 0 Å². The van der Waals surface area contributed by atoms with E-state index in [2.05, 4.69) is 15.7 Å². The third-order valence-corrected chi connectivity index (χ3v) is 3.17. The highest BCUT2D eigenvalue weighted by atomic mass is 16.6. The molecule has 2 aromatic rings. The first-order chi connectivity index (χ1) is 11.8. The number of carbonyl (C=O) groups excluding carboxylic acids is 2. The van der Waals surface area contributed by atoms with E-state index < -0.39 is 11.7 Å². The Hall–Kier alpha value is -2.83. The molecular formula is C18H24N4O3. The van der Waals surface area contributed by atoms with Gasteiger partial charge < -0.3 is 15.4 Å². The quantitative estimate of drug-likeness (QED) is 0.789. The van der Waals surface area contributed by atoms with Crippen molar-refractivity contribution in [2.75, 3.05) is 11.9 Å². The largest absolute Gasteiger partial charge is 0.444 e. The number of benzene rings is 1. The molecular weight excluding hydrogens is 320 g/mol. The zero-order valence-corrected chi connectivity index (χ0v) is 14.8. The van der Waals surface area contributed by atoms with Gasteiger partial charge in [0, 0.05) is 31.0 Å². The van der Waals surface area contributed by atoms with Crippen LogP contribution in [0.2, 0.25) is 0 Å². The molecule has 2 N–H and O–H groups in total. The van der Waals surface area contributed by atoms with Gasteiger partial charge in [0.05, 0.1) is 5.69 Å². The molecule has 0 radical (unpaired) electrons. The minimum Gasteiger partial charge on any atom is -0.444 e. The molecule has 1 aromatic heterocycles. The van der Waals surface area contributed by atoms with Gasteiger partial charge in [-0.3, -0.25) is 4.79 Å².